The second kappa shape index (κ2) is 11.2. The molecule has 0 aliphatic heterocycles. The van der Waals surface area contributed by atoms with Crippen molar-refractivity contribution in [1.29, 1.82) is 0 Å². The molecule has 0 bridgehead atoms. The van der Waals surface area contributed by atoms with Gasteiger partial charge in [0, 0.05) is 3.57 Å². The SMILES string of the molecule is C=CCOCc1cc(C(=O)NOCCO)c(Nc2ccc(I)cc2F)c(F)c1C. The first-order chi connectivity index (χ1) is 13.9. The van der Waals surface area contributed by atoms with E-state index in [-0.39, 0.29) is 48.9 Å². The van der Waals surface area contributed by atoms with Crippen LogP contribution in [0.1, 0.15) is 21.5 Å². The Morgan fingerprint density at radius 1 is 1.34 bits per heavy atom. The number of benzene rings is 2. The lowest BCUT2D eigenvalue weighted by Crippen LogP contribution is -2.26. The Hall–Kier alpha value is -2.08. The summed E-state index contributed by atoms with van der Waals surface area (Å²) in [5.41, 5.74) is 2.57. The van der Waals surface area contributed by atoms with E-state index in [2.05, 4.69) is 17.4 Å². The standard InChI is InChI=1S/C20H21F2IN2O4/c1-3-7-28-11-13-9-15(20(27)25-29-8-6-26)19(18(22)12(13)2)24-17-5-4-14(23)10-16(17)21/h3-5,9-10,24,26H,1,6-8,11H2,2H3,(H,25,27). The summed E-state index contributed by atoms with van der Waals surface area (Å²) < 4.78 is 35.5. The number of halogens is 3. The van der Waals surface area contributed by atoms with Gasteiger partial charge in [0.1, 0.15) is 5.82 Å². The molecule has 3 N–H and O–H groups in total. The molecule has 2 rings (SSSR count). The molecular formula is C20H21F2IN2O4. The maximum atomic E-state index is 15.2. The Kier molecular flexibility index (Phi) is 8.96. The normalized spacial score (nSPS) is 10.7. The summed E-state index contributed by atoms with van der Waals surface area (Å²) in [6, 6.07) is 5.84. The molecule has 1 amide bonds. The van der Waals surface area contributed by atoms with Crippen LogP contribution < -0.4 is 10.8 Å². The van der Waals surface area contributed by atoms with Gasteiger partial charge in [0.15, 0.2) is 5.82 Å². The minimum Gasteiger partial charge on any atom is -0.394 e. The quantitative estimate of drug-likeness (QED) is 0.192. The lowest BCUT2D eigenvalue weighted by molar-refractivity contribution is 0.0168. The third-order valence-electron chi connectivity index (χ3n) is 3.91. The van der Waals surface area contributed by atoms with E-state index in [0.29, 0.717) is 9.13 Å². The average molecular weight is 518 g/mol. The molecule has 29 heavy (non-hydrogen) atoms. The number of anilines is 2. The Morgan fingerprint density at radius 3 is 2.76 bits per heavy atom. The van der Waals surface area contributed by atoms with Crippen molar-refractivity contribution in [2.24, 2.45) is 0 Å². The molecule has 9 heteroatoms. The molecule has 6 nitrogen and oxygen atoms in total. The highest BCUT2D eigenvalue weighted by atomic mass is 127. The van der Waals surface area contributed by atoms with Crippen LogP contribution in [0.15, 0.2) is 36.9 Å². The average Bonchev–Trinajstić information content (AvgIpc) is 2.69. The predicted molar refractivity (Wildman–Crippen MR) is 114 cm³/mol. The molecule has 2 aromatic rings. The summed E-state index contributed by atoms with van der Waals surface area (Å²) >= 11 is 1.96. The Bertz CT molecular complexity index is 893. The van der Waals surface area contributed by atoms with Crippen molar-refractivity contribution in [3.8, 4) is 0 Å². The van der Waals surface area contributed by atoms with Crippen LogP contribution in [0.25, 0.3) is 0 Å². The molecule has 0 aliphatic rings. The number of hydrogen-bond donors (Lipinski definition) is 3. The lowest BCUT2D eigenvalue weighted by atomic mass is 10.0. The summed E-state index contributed by atoms with van der Waals surface area (Å²) in [4.78, 5) is 17.4. The predicted octanol–water partition coefficient (Wildman–Crippen LogP) is 3.98. The molecule has 0 unspecified atom stereocenters. The maximum absolute atomic E-state index is 15.2. The Labute approximate surface area is 181 Å². The summed E-state index contributed by atoms with van der Waals surface area (Å²) in [6.45, 7) is 4.97. The zero-order valence-electron chi connectivity index (χ0n) is 15.7. The molecule has 0 spiro atoms. The van der Waals surface area contributed by atoms with Gasteiger partial charge in [-0.25, -0.2) is 14.3 Å². The second-order valence-electron chi connectivity index (χ2n) is 5.95. The van der Waals surface area contributed by atoms with Crippen molar-refractivity contribution in [2.75, 3.05) is 25.1 Å². The number of rotatable bonds is 10. The topological polar surface area (TPSA) is 79.8 Å². The molecule has 0 saturated heterocycles. The van der Waals surface area contributed by atoms with Crippen LogP contribution in [0.5, 0.6) is 0 Å². The highest BCUT2D eigenvalue weighted by Crippen LogP contribution is 2.31. The summed E-state index contributed by atoms with van der Waals surface area (Å²) in [7, 11) is 0. The highest BCUT2D eigenvalue weighted by Gasteiger charge is 2.22. The van der Waals surface area contributed by atoms with Gasteiger partial charge in [-0.3, -0.25) is 9.63 Å². The zero-order valence-corrected chi connectivity index (χ0v) is 17.9. The fourth-order valence-electron chi connectivity index (χ4n) is 2.45. The van der Waals surface area contributed by atoms with Crippen LogP contribution in [0.2, 0.25) is 0 Å². The van der Waals surface area contributed by atoms with Crippen molar-refractivity contribution in [3.05, 3.63) is 68.8 Å². The van der Waals surface area contributed by atoms with Crippen LogP contribution in [0, 0.1) is 22.1 Å². The van der Waals surface area contributed by atoms with E-state index in [1.807, 2.05) is 22.6 Å². The van der Waals surface area contributed by atoms with Crippen LogP contribution in [-0.2, 0) is 16.2 Å². The number of hydroxylamine groups is 1. The second-order valence-corrected chi connectivity index (χ2v) is 7.20. The third-order valence-corrected chi connectivity index (χ3v) is 4.58. The van der Waals surface area contributed by atoms with Crippen LogP contribution in [0.3, 0.4) is 0 Å². The van der Waals surface area contributed by atoms with Gasteiger partial charge in [-0.2, -0.15) is 0 Å². The smallest absolute Gasteiger partial charge is 0.277 e. The lowest BCUT2D eigenvalue weighted by Gasteiger charge is -2.18. The number of carbonyl (C=O) groups excluding carboxylic acids is 1. The number of carbonyl (C=O) groups is 1. The zero-order chi connectivity index (χ0) is 21.4. The molecule has 2 aromatic carbocycles. The van der Waals surface area contributed by atoms with Crippen molar-refractivity contribution >= 4 is 39.9 Å². The number of aliphatic hydroxyl groups is 1. The molecule has 156 valence electrons. The van der Waals surface area contributed by atoms with Gasteiger partial charge in [0.2, 0.25) is 0 Å². The number of ether oxygens (including phenoxy) is 1. The van der Waals surface area contributed by atoms with E-state index in [0.717, 1.165) is 0 Å². The van der Waals surface area contributed by atoms with Crippen molar-refractivity contribution in [1.82, 2.24) is 5.48 Å². The van der Waals surface area contributed by atoms with Crippen LogP contribution in [-0.4, -0.2) is 30.8 Å². The van der Waals surface area contributed by atoms with Crippen molar-refractivity contribution in [3.63, 3.8) is 0 Å². The molecular weight excluding hydrogens is 497 g/mol. The van der Waals surface area contributed by atoms with Gasteiger partial charge in [-0.15, -0.1) is 6.58 Å². The first-order valence-corrected chi connectivity index (χ1v) is 9.72. The third kappa shape index (κ3) is 6.20. The first kappa shape index (κ1) is 23.2. The van der Waals surface area contributed by atoms with Gasteiger partial charge >= 0.3 is 0 Å². The van der Waals surface area contributed by atoms with Gasteiger partial charge < -0.3 is 15.2 Å². The van der Waals surface area contributed by atoms with Crippen molar-refractivity contribution < 1.29 is 28.3 Å². The summed E-state index contributed by atoms with van der Waals surface area (Å²) in [6.07, 6.45) is 1.55. The molecule has 0 aliphatic carbocycles. The van der Waals surface area contributed by atoms with Gasteiger partial charge in [-0.1, -0.05) is 6.08 Å². The molecule has 0 aromatic heterocycles. The fraction of sp³-hybridized carbons (Fsp3) is 0.250. The van der Waals surface area contributed by atoms with Crippen LogP contribution >= 0.6 is 22.6 Å². The van der Waals surface area contributed by atoms with E-state index in [9.17, 15) is 9.18 Å². The molecule has 0 fully saturated rings. The fourth-order valence-corrected chi connectivity index (χ4v) is 2.90. The number of nitrogens with one attached hydrogen (secondary N) is 2. The maximum Gasteiger partial charge on any atom is 0.277 e. The highest BCUT2D eigenvalue weighted by molar-refractivity contribution is 14.1. The minimum absolute atomic E-state index is 0.0182. The molecule has 0 atom stereocenters. The van der Waals surface area contributed by atoms with E-state index in [1.165, 1.54) is 18.2 Å². The van der Waals surface area contributed by atoms with E-state index < -0.39 is 17.5 Å². The minimum atomic E-state index is -0.754. The summed E-state index contributed by atoms with van der Waals surface area (Å²) in [5.74, 6) is -2.05. The van der Waals surface area contributed by atoms with Gasteiger partial charge in [0.25, 0.3) is 5.91 Å². The Morgan fingerprint density at radius 2 is 2.10 bits per heavy atom. The number of aliphatic hydroxyl groups excluding tert-OH is 1. The largest absolute Gasteiger partial charge is 0.394 e. The summed E-state index contributed by atoms with van der Waals surface area (Å²) in [5, 5.41) is 11.4. The number of hydrogen-bond acceptors (Lipinski definition) is 5. The van der Waals surface area contributed by atoms with Gasteiger partial charge in [0.05, 0.1) is 43.4 Å². The monoisotopic (exact) mass is 518 g/mol. The number of amides is 1. The molecule has 0 radical (unpaired) electrons. The van der Waals surface area contributed by atoms with Crippen molar-refractivity contribution in [2.45, 2.75) is 13.5 Å². The molecule has 0 saturated carbocycles. The van der Waals surface area contributed by atoms with Crippen LogP contribution in [0.4, 0.5) is 20.2 Å². The van der Waals surface area contributed by atoms with E-state index >= 15 is 4.39 Å². The first-order valence-electron chi connectivity index (χ1n) is 8.64. The Balaban J connectivity index is 2.46. The van der Waals surface area contributed by atoms with Gasteiger partial charge in [-0.05, 0) is 64.9 Å². The molecule has 0 heterocycles. The van der Waals surface area contributed by atoms with E-state index in [4.69, 9.17) is 14.7 Å². The van der Waals surface area contributed by atoms with E-state index in [1.54, 1.807) is 19.1 Å².